The molecule has 110 valence electrons. The Morgan fingerprint density at radius 2 is 2.20 bits per heavy atom. The van der Waals surface area contributed by atoms with Gasteiger partial charge < -0.3 is 16.0 Å². The van der Waals surface area contributed by atoms with E-state index >= 15 is 0 Å². The zero-order valence-corrected chi connectivity index (χ0v) is 12.4. The number of nitrogens with one attached hydrogen (secondary N) is 1. The van der Waals surface area contributed by atoms with E-state index in [1.54, 1.807) is 0 Å². The van der Waals surface area contributed by atoms with E-state index in [0.717, 1.165) is 25.3 Å². The molecule has 20 heavy (non-hydrogen) atoms. The molecule has 1 unspecified atom stereocenters. The molecule has 0 aliphatic carbocycles. The number of primary amides is 1. The van der Waals surface area contributed by atoms with Crippen LogP contribution in [-0.2, 0) is 0 Å². The highest BCUT2D eigenvalue weighted by Crippen LogP contribution is 2.22. The molecule has 1 atom stereocenters. The van der Waals surface area contributed by atoms with Crippen molar-refractivity contribution in [3.63, 3.8) is 0 Å². The Kier molecular flexibility index (Phi) is 5.01. The minimum atomic E-state index is -0.353. The smallest absolute Gasteiger partial charge is 0.250 e. The van der Waals surface area contributed by atoms with Gasteiger partial charge in [0.25, 0.3) is 5.91 Å². The van der Waals surface area contributed by atoms with Crippen LogP contribution >= 0.6 is 0 Å². The lowest BCUT2D eigenvalue weighted by atomic mass is 10.1. The topological polar surface area (TPSA) is 58.4 Å². The molecule has 0 radical (unpaired) electrons. The van der Waals surface area contributed by atoms with Gasteiger partial charge in [0.2, 0.25) is 0 Å². The van der Waals surface area contributed by atoms with Crippen LogP contribution in [0.1, 0.15) is 37.0 Å². The molecule has 1 amide bonds. The predicted molar refractivity (Wildman–Crippen MR) is 83.0 cm³/mol. The number of rotatable bonds is 6. The maximum absolute atomic E-state index is 11.6. The van der Waals surface area contributed by atoms with Crippen LogP contribution < -0.4 is 16.0 Å². The average Bonchev–Trinajstić information content (AvgIpc) is 2.90. The number of hydrogen-bond acceptors (Lipinski definition) is 3. The summed E-state index contributed by atoms with van der Waals surface area (Å²) in [6.45, 7) is 7.35. The molecule has 1 aromatic carbocycles. The number of para-hydroxylation sites is 1. The van der Waals surface area contributed by atoms with Crippen LogP contribution in [0.5, 0.6) is 0 Å². The Hall–Kier alpha value is -1.55. The van der Waals surface area contributed by atoms with E-state index in [-0.39, 0.29) is 5.91 Å². The molecule has 3 N–H and O–H groups in total. The normalized spacial score (nSPS) is 18.4. The molecule has 4 heteroatoms. The Morgan fingerprint density at radius 1 is 1.45 bits per heavy atom. The van der Waals surface area contributed by atoms with Gasteiger partial charge in [0, 0.05) is 24.8 Å². The van der Waals surface area contributed by atoms with E-state index in [0.29, 0.717) is 17.5 Å². The monoisotopic (exact) mass is 275 g/mol. The van der Waals surface area contributed by atoms with Crippen molar-refractivity contribution < 1.29 is 4.79 Å². The molecule has 1 aromatic rings. The largest absolute Gasteiger partial charge is 0.369 e. The molecular weight excluding hydrogens is 250 g/mol. The van der Waals surface area contributed by atoms with Crippen LogP contribution in [0.4, 0.5) is 5.69 Å². The Morgan fingerprint density at radius 3 is 2.80 bits per heavy atom. The first-order valence-electron chi connectivity index (χ1n) is 7.45. The summed E-state index contributed by atoms with van der Waals surface area (Å²) in [6.07, 6.45) is 2.44. The third kappa shape index (κ3) is 3.73. The second kappa shape index (κ2) is 6.75. The fourth-order valence-electron chi connectivity index (χ4n) is 2.85. The van der Waals surface area contributed by atoms with Gasteiger partial charge in [0.1, 0.15) is 0 Å². The van der Waals surface area contributed by atoms with Crippen molar-refractivity contribution >= 4 is 11.6 Å². The number of amides is 1. The summed E-state index contributed by atoms with van der Waals surface area (Å²) in [5.74, 6) is 0.186. The average molecular weight is 275 g/mol. The molecule has 1 aliphatic heterocycles. The second-order valence-corrected chi connectivity index (χ2v) is 5.97. The highest BCUT2D eigenvalue weighted by atomic mass is 16.1. The van der Waals surface area contributed by atoms with Gasteiger partial charge in [-0.1, -0.05) is 26.0 Å². The van der Waals surface area contributed by atoms with Crippen molar-refractivity contribution in [3.05, 3.63) is 29.8 Å². The van der Waals surface area contributed by atoms with Crippen molar-refractivity contribution in [2.24, 2.45) is 11.7 Å². The standard InChI is InChI=1S/C16H25N3O/c1-12(2)10-19(11-13-6-5-9-18-13)15-8-4-3-7-14(15)16(17)20/h3-4,7-8,12-13,18H,5-6,9-11H2,1-2H3,(H2,17,20). The van der Waals surface area contributed by atoms with Gasteiger partial charge in [-0.25, -0.2) is 0 Å². The van der Waals surface area contributed by atoms with Crippen molar-refractivity contribution in [1.29, 1.82) is 0 Å². The van der Waals surface area contributed by atoms with Crippen LogP contribution in [-0.4, -0.2) is 31.6 Å². The first-order chi connectivity index (χ1) is 9.58. The predicted octanol–water partition coefficient (Wildman–Crippen LogP) is 2.00. The van der Waals surface area contributed by atoms with E-state index < -0.39 is 0 Å². The molecular formula is C16H25N3O. The van der Waals surface area contributed by atoms with Gasteiger partial charge in [0.15, 0.2) is 0 Å². The number of nitrogens with zero attached hydrogens (tertiary/aromatic N) is 1. The van der Waals surface area contributed by atoms with Crippen molar-refractivity contribution in [2.75, 3.05) is 24.5 Å². The van der Waals surface area contributed by atoms with E-state index in [1.165, 1.54) is 12.8 Å². The summed E-state index contributed by atoms with van der Waals surface area (Å²) in [5, 5.41) is 3.52. The molecule has 0 aromatic heterocycles. The fraction of sp³-hybridized carbons (Fsp3) is 0.562. The number of anilines is 1. The maximum atomic E-state index is 11.6. The first kappa shape index (κ1) is 14.9. The molecule has 1 aliphatic rings. The SMILES string of the molecule is CC(C)CN(CC1CCCN1)c1ccccc1C(N)=O. The molecule has 0 saturated carbocycles. The molecule has 4 nitrogen and oxygen atoms in total. The van der Waals surface area contributed by atoms with Gasteiger partial charge in [-0.15, -0.1) is 0 Å². The highest BCUT2D eigenvalue weighted by molar-refractivity contribution is 5.98. The van der Waals surface area contributed by atoms with Gasteiger partial charge in [0.05, 0.1) is 5.56 Å². The molecule has 1 heterocycles. The number of benzene rings is 1. The lowest BCUT2D eigenvalue weighted by molar-refractivity contribution is 0.100. The fourth-order valence-corrected chi connectivity index (χ4v) is 2.85. The summed E-state index contributed by atoms with van der Waals surface area (Å²) in [5.41, 5.74) is 7.09. The first-order valence-corrected chi connectivity index (χ1v) is 7.45. The quantitative estimate of drug-likeness (QED) is 0.835. The van der Waals surface area contributed by atoms with E-state index in [9.17, 15) is 4.79 Å². The molecule has 1 saturated heterocycles. The van der Waals surface area contributed by atoms with Crippen molar-refractivity contribution in [1.82, 2.24) is 5.32 Å². The summed E-state index contributed by atoms with van der Waals surface area (Å²) >= 11 is 0. The number of carbonyl (C=O) groups excluding carboxylic acids is 1. The minimum absolute atomic E-state index is 0.353. The summed E-state index contributed by atoms with van der Waals surface area (Å²) < 4.78 is 0. The third-order valence-corrected chi connectivity index (χ3v) is 3.70. The highest BCUT2D eigenvalue weighted by Gasteiger charge is 2.21. The van der Waals surface area contributed by atoms with Gasteiger partial charge in [-0.05, 0) is 37.4 Å². The van der Waals surface area contributed by atoms with Gasteiger partial charge in [-0.3, -0.25) is 4.79 Å². The van der Waals surface area contributed by atoms with Crippen molar-refractivity contribution in [2.45, 2.75) is 32.7 Å². The second-order valence-electron chi connectivity index (χ2n) is 5.97. The summed E-state index contributed by atoms with van der Waals surface area (Å²) in [6, 6.07) is 8.15. The summed E-state index contributed by atoms with van der Waals surface area (Å²) in [7, 11) is 0. The summed E-state index contributed by atoms with van der Waals surface area (Å²) in [4.78, 5) is 13.9. The molecule has 2 rings (SSSR count). The van der Waals surface area contributed by atoms with Crippen LogP contribution in [0.25, 0.3) is 0 Å². The molecule has 1 fully saturated rings. The zero-order chi connectivity index (χ0) is 14.5. The maximum Gasteiger partial charge on any atom is 0.250 e. The lowest BCUT2D eigenvalue weighted by Crippen LogP contribution is -2.40. The van der Waals surface area contributed by atoms with Crippen molar-refractivity contribution in [3.8, 4) is 0 Å². The molecule has 0 spiro atoms. The molecule has 0 bridgehead atoms. The Balaban J connectivity index is 2.22. The number of carbonyl (C=O) groups is 1. The van der Waals surface area contributed by atoms with Crippen LogP contribution in [0, 0.1) is 5.92 Å². The zero-order valence-electron chi connectivity index (χ0n) is 12.4. The van der Waals surface area contributed by atoms with Gasteiger partial charge >= 0.3 is 0 Å². The van der Waals surface area contributed by atoms with E-state index in [4.69, 9.17) is 5.73 Å². The number of nitrogens with two attached hydrogens (primary N) is 1. The lowest BCUT2D eigenvalue weighted by Gasteiger charge is -2.30. The van der Waals surface area contributed by atoms with Crippen LogP contribution in [0.15, 0.2) is 24.3 Å². The number of hydrogen-bond donors (Lipinski definition) is 2. The Bertz CT molecular complexity index is 453. The van der Waals surface area contributed by atoms with Gasteiger partial charge in [-0.2, -0.15) is 0 Å². The third-order valence-electron chi connectivity index (χ3n) is 3.70. The van der Waals surface area contributed by atoms with E-state index in [2.05, 4.69) is 24.1 Å². The minimum Gasteiger partial charge on any atom is -0.369 e. The van der Waals surface area contributed by atoms with E-state index in [1.807, 2.05) is 24.3 Å². The van der Waals surface area contributed by atoms with Crippen LogP contribution in [0.2, 0.25) is 0 Å². The van der Waals surface area contributed by atoms with Crippen LogP contribution in [0.3, 0.4) is 0 Å². The Labute approximate surface area is 121 Å².